The summed E-state index contributed by atoms with van der Waals surface area (Å²) in [4.78, 5) is 23.9. The molecule has 0 unspecified atom stereocenters. The number of carbonyl (C=O) groups excluding carboxylic acids is 1. The number of ether oxygens (including phenoxy) is 1. The highest BCUT2D eigenvalue weighted by Gasteiger charge is 2.69. The number of carbonyl (C=O) groups is 1. The lowest BCUT2D eigenvalue weighted by Gasteiger charge is -2.67. The van der Waals surface area contributed by atoms with E-state index in [0.717, 1.165) is 12.8 Å². The van der Waals surface area contributed by atoms with Gasteiger partial charge in [-0.1, -0.05) is 27.7 Å². The van der Waals surface area contributed by atoms with E-state index >= 15 is 0 Å². The number of aliphatic hydroxyl groups excluding tert-OH is 1. The number of hydrogen-bond acceptors (Lipinski definition) is 5. The van der Waals surface area contributed by atoms with Crippen LogP contribution >= 0.6 is 11.6 Å². The van der Waals surface area contributed by atoms with Crippen molar-refractivity contribution in [3.63, 3.8) is 0 Å². The minimum absolute atomic E-state index is 0.0537. The van der Waals surface area contributed by atoms with E-state index in [2.05, 4.69) is 33.0 Å². The number of nitro groups is 1. The van der Waals surface area contributed by atoms with Gasteiger partial charge in [0.2, 0.25) is 0 Å². The molecular formula is C23H29ClN2O5. The van der Waals surface area contributed by atoms with Gasteiger partial charge < -0.3 is 15.2 Å². The third-order valence-electron chi connectivity index (χ3n) is 9.12. The van der Waals surface area contributed by atoms with E-state index in [9.17, 15) is 20.0 Å². The summed E-state index contributed by atoms with van der Waals surface area (Å²) in [6.45, 7) is 8.83. The Morgan fingerprint density at radius 2 is 2.00 bits per heavy atom. The Labute approximate surface area is 186 Å². The summed E-state index contributed by atoms with van der Waals surface area (Å²) in [5.74, 6) is 0.489. The number of alkyl halides is 1. The van der Waals surface area contributed by atoms with Crippen molar-refractivity contribution in [1.29, 1.82) is 0 Å². The number of amides is 1. The topological polar surface area (TPSA) is 102 Å². The van der Waals surface area contributed by atoms with Crippen molar-refractivity contribution >= 4 is 23.2 Å². The maximum atomic E-state index is 12.4. The molecule has 2 heterocycles. The monoisotopic (exact) mass is 448 g/mol. The second-order valence-corrected chi connectivity index (χ2v) is 11.3. The largest absolute Gasteiger partial charge is 0.485 e. The van der Waals surface area contributed by atoms with Crippen molar-refractivity contribution in [2.75, 3.05) is 0 Å². The number of nitrogens with one attached hydrogen (secondary N) is 1. The van der Waals surface area contributed by atoms with Crippen LogP contribution < -0.4 is 10.1 Å². The molecule has 0 bridgehead atoms. The van der Waals surface area contributed by atoms with Gasteiger partial charge in [-0.25, -0.2) is 0 Å². The number of benzene rings is 1. The fourth-order valence-corrected chi connectivity index (χ4v) is 7.41. The molecule has 7 nitrogen and oxygen atoms in total. The lowest BCUT2D eigenvalue weighted by atomic mass is 9.43. The molecule has 8 heteroatoms. The van der Waals surface area contributed by atoms with Crippen molar-refractivity contribution in [3.8, 4) is 5.75 Å². The number of halogens is 1. The quantitative estimate of drug-likeness (QED) is 0.384. The third-order valence-corrected chi connectivity index (χ3v) is 9.98. The summed E-state index contributed by atoms with van der Waals surface area (Å²) < 4.78 is 6.92. The Hall–Kier alpha value is -1.86. The standard InChI is InChI=1S/C23H29ClN2O5/c1-11-5-6-17-21(2,3)19(24)16(27)9-23(17)22(11,4)8-13-15(26(29)30)7-12-14(18(13)31-23)10-25-20(12)28/h7,11,16-17,19,27H,5-6,8-10H2,1-4H3,(H,25,28)/t11-,16+,17-,19-,22+,23-/m0/s1. The van der Waals surface area contributed by atoms with E-state index in [4.69, 9.17) is 16.3 Å². The van der Waals surface area contributed by atoms with Crippen LogP contribution in [-0.2, 0) is 13.0 Å². The van der Waals surface area contributed by atoms with Gasteiger partial charge in [0.25, 0.3) is 11.6 Å². The molecule has 6 atom stereocenters. The first kappa shape index (κ1) is 21.0. The summed E-state index contributed by atoms with van der Waals surface area (Å²) in [7, 11) is 0. The number of hydrogen-bond donors (Lipinski definition) is 2. The number of fused-ring (bicyclic) bond motifs is 3. The van der Waals surface area contributed by atoms with Crippen LogP contribution in [0.1, 0.15) is 68.4 Å². The first-order chi connectivity index (χ1) is 14.4. The average molecular weight is 449 g/mol. The molecule has 5 rings (SSSR count). The van der Waals surface area contributed by atoms with Gasteiger partial charge >= 0.3 is 0 Å². The summed E-state index contributed by atoms with van der Waals surface area (Å²) in [5, 5.41) is 25.4. The molecule has 2 N–H and O–H groups in total. The van der Waals surface area contributed by atoms with E-state index in [1.54, 1.807) is 0 Å². The molecule has 0 saturated heterocycles. The van der Waals surface area contributed by atoms with Gasteiger partial charge in [-0.15, -0.1) is 11.6 Å². The minimum atomic E-state index is -0.745. The smallest absolute Gasteiger partial charge is 0.277 e. The van der Waals surface area contributed by atoms with Crippen LogP contribution in [0.4, 0.5) is 5.69 Å². The van der Waals surface area contributed by atoms with E-state index in [1.807, 2.05) is 0 Å². The fraction of sp³-hybridized carbons (Fsp3) is 0.696. The van der Waals surface area contributed by atoms with Gasteiger partial charge in [0.1, 0.15) is 11.4 Å². The number of aliphatic hydroxyl groups is 1. The Balaban J connectivity index is 1.78. The zero-order valence-electron chi connectivity index (χ0n) is 18.3. The maximum absolute atomic E-state index is 12.4. The molecule has 1 spiro atoms. The summed E-state index contributed by atoms with van der Waals surface area (Å²) in [6, 6.07) is 1.40. The van der Waals surface area contributed by atoms with E-state index in [-0.39, 0.29) is 28.8 Å². The maximum Gasteiger partial charge on any atom is 0.277 e. The Morgan fingerprint density at radius 3 is 2.68 bits per heavy atom. The highest BCUT2D eigenvalue weighted by atomic mass is 35.5. The summed E-state index contributed by atoms with van der Waals surface area (Å²) >= 11 is 6.72. The van der Waals surface area contributed by atoms with Crippen LogP contribution in [-0.4, -0.2) is 33.0 Å². The second kappa shape index (κ2) is 6.35. The Kier molecular flexibility index (Phi) is 4.30. The lowest BCUT2D eigenvalue weighted by molar-refractivity contribution is -0.386. The molecule has 2 saturated carbocycles. The van der Waals surface area contributed by atoms with Gasteiger partial charge in [-0.05, 0) is 30.6 Å². The van der Waals surface area contributed by atoms with Crippen LogP contribution in [0.25, 0.3) is 0 Å². The molecule has 0 aromatic heterocycles. The van der Waals surface area contributed by atoms with Crippen LogP contribution in [0.5, 0.6) is 5.75 Å². The Bertz CT molecular complexity index is 1010. The summed E-state index contributed by atoms with van der Waals surface area (Å²) in [6.07, 6.45) is 2.01. The van der Waals surface area contributed by atoms with E-state index < -0.39 is 27.4 Å². The normalized spacial score (nSPS) is 40.0. The Morgan fingerprint density at radius 1 is 1.29 bits per heavy atom. The highest BCUT2D eigenvalue weighted by Crippen LogP contribution is 2.67. The molecule has 168 valence electrons. The highest BCUT2D eigenvalue weighted by molar-refractivity contribution is 6.21. The van der Waals surface area contributed by atoms with Crippen LogP contribution in [0.15, 0.2) is 6.07 Å². The third kappa shape index (κ3) is 2.48. The molecule has 2 fully saturated rings. The lowest BCUT2D eigenvalue weighted by Crippen LogP contribution is -2.72. The van der Waals surface area contributed by atoms with E-state index in [1.165, 1.54) is 6.07 Å². The van der Waals surface area contributed by atoms with Crippen LogP contribution in [0.3, 0.4) is 0 Å². The zero-order chi connectivity index (χ0) is 22.5. The molecule has 4 aliphatic rings. The van der Waals surface area contributed by atoms with Gasteiger partial charge in [0.05, 0.1) is 27.5 Å². The van der Waals surface area contributed by atoms with Crippen molar-refractivity contribution in [3.05, 3.63) is 32.9 Å². The molecule has 1 aromatic rings. The zero-order valence-corrected chi connectivity index (χ0v) is 19.1. The van der Waals surface area contributed by atoms with Gasteiger partial charge in [0, 0.05) is 35.9 Å². The summed E-state index contributed by atoms with van der Waals surface area (Å²) in [5.41, 5.74) is 0.0309. The number of nitro benzene ring substituents is 1. The molecule has 31 heavy (non-hydrogen) atoms. The molecule has 1 aromatic carbocycles. The van der Waals surface area contributed by atoms with E-state index in [0.29, 0.717) is 41.8 Å². The minimum Gasteiger partial charge on any atom is -0.485 e. The van der Waals surface area contributed by atoms with Crippen molar-refractivity contribution in [1.82, 2.24) is 5.32 Å². The number of rotatable bonds is 1. The SMILES string of the molecule is C[C@H]1CC[C@H]2C(C)(C)[C@@H](Cl)[C@H](O)C[C@]23Oc2c4c(cc([N+](=O)[O-])c2C[C@]13C)C(=O)NC4. The van der Waals surface area contributed by atoms with Crippen molar-refractivity contribution < 1.29 is 19.6 Å². The molecule has 1 amide bonds. The van der Waals surface area contributed by atoms with Crippen molar-refractivity contribution in [2.45, 2.75) is 77.0 Å². The molecule has 2 aliphatic carbocycles. The average Bonchev–Trinajstić information content (AvgIpc) is 3.06. The molecule has 0 radical (unpaired) electrons. The van der Waals surface area contributed by atoms with Crippen molar-refractivity contribution in [2.24, 2.45) is 22.7 Å². The first-order valence-corrected chi connectivity index (χ1v) is 11.5. The van der Waals surface area contributed by atoms with Gasteiger partial charge in [0.15, 0.2) is 0 Å². The van der Waals surface area contributed by atoms with Crippen LogP contribution in [0.2, 0.25) is 0 Å². The van der Waals surface area contributed by atoms with Crippen LogP contribution in [0, 0.1) is 32.8 Å². The van der Waals surface area contributed by atoms with Gasteiger partial charge in [-0.2, -0.15) is 0 Å². The fourth-order valence-electron chi connectivity index (χ4n) is 7.17. The predicted molar refractivity (Wildman–Crippen MR) is 115 cm³/mol. The van der Waals surface area contributed by atoms with Gasteiger partial charge in [-0.3, -0.25) is 14.9 Å². The number of nitrogens with zero attached hydrogens (tertiary/aromatic N) is 1. The molecular weight excluding hydrogens is 420 g/mol. The predicted octanol–water partition coefficient (Wildman–Crippen LogP) is 3.96. The second-order valence-electron chi connectivity index (χ2n) is 10.8. The molecule has 2 aliphatic heterocycles. The first-order valence-electron chi connectivity index (χ1n) is 11.1.